The Kier molecular flexibility index (Phi) is 5.14. The molecule has 0 aliphatic carbocycles. The zero-order chi connectivity index (χ0) is 19.3. The summed E-state index contributed by atoms with van der Waals surface area (Å²) in [5.74, 6) is 2.41. The Morgan fingerprint density at radius 3 is 2.86 bits per heavy atom. The second-order valence-corrected chi connectivity index (χ2v) is 6.56. The summed E-state index contributed by atoms with van der Waals surface area (Å²) in [5.41, 5.74) is 3.33. The van der Waals surface area contributed by atoms with Crippen molar-refractivity contribution in [3.8, 4) is 17.2 Å². The highest BCUT2D eigenvalue weighted by Crippen LogP contribution is 2.32. The van der Waals surface area contributed by atoms with E-state index in [2.05, 4.69) is 32.4 Å². The maximum Gasteiger partial charge on any atom is 0.231 e. The maximum absolute atomic E-state index is 5.46. The molecular formula is C21H23N5O2. The first kappa shape index (κ1) is 17.9. The van der Waals surface area contributed by atoms with Crippen LogP contribution in [0.25, 0.3) is 5.69 Å². The van der Waals surface area contributed by atoms with Crippen LogP contribution in [0.3, 0.4) is 0 Å². The smallest absolute Gasteiger partial charge is 0.231 e. The van der Waals surface area contributed by atoms with Crippen molar-refractivity contribution in [3.63, 3.8) is 0 Å². The van der Waals surface area contributed by atoms with E-state index in [9.17, 15) is 0 Å². The molecule has 0 saturated carbocycles. The number of ether oxygens (including phenoxy) is 2. The van der Waals surface area contributed by atoms with E-state index < -0.39 is 0 Å². The highest BCUT2D eigenvalue weighted by Gasteiger charge is 2.14. The lowest BCUT2D eigenvalue weighted by atomic mass is 10.2. The molecule has 0 spiro atoms. The normalized spacial score (nSPS) is 12.9. The fourth-order valence-corrected chi connectivity index (χ4v) is 3.18. The molecule has 144 valence electrons. The van der Waals surface area contributed by atoms with Crippen LogP contribution in [0.4, 0.5) is 0 Å². The second kappa shape index (κ2) is 8.04. The van der Waals surface area contributed by atoms with Gasteiger partial charge in [0.15, 0.2) is 17.5 Å². The number of benzene rings is 2. The van der Waals surface area contributed by atoms with Crippen molar-refractivity contribution in [2.24, 2.45) is 4.99 Å². The SMILES string of the molecule is CN=C(NCc1cccc(-n2cccn2)c1)N(C)Cc1ccc2c(c1)OCO2. The molecule has 0 radical (unpaired) electrons. The average Bonchev–Trinajstić information content (AvgIpc) is 3.40. The third kappa shape index (κ3) is 3.93. The summed E-state index contributed by atoms with van der Waals surface area (Å²) in [6.45, 7) is 1.67. The van der Waals surface area contributed by atoms with E-state index in [4.69, 9.17) is 9.47 Å². The van der Waals surface area contributed by atoms with E-state index in [1.165, 1.54) is 0 Å². The fourth-order valence-electron chi connectivity index (χ4n) is 3.18. The van der Waals surface area contributed by atoms with Crippen LogP contribution < -0.4 is 14.8 Å². The van der Waals surface area contributed by atoms with Gasteiger partial charge in [0.05, 0.1) is 5.69 Å². The van der Waals surface area contributed by atoms with Gasteiger partial charge >= 0.3 is 0 Å². The molecule has 1 aliphatic heterocycles. The van der Waals surface area contributed by atoms with Gasteiger partial charge in [-0.05, 0) is 41.5 Å². The number of nitrogens with one attached hydrogen (secondary N) is 1. The molecule has 1 aromatic heterocycles. The molecule has 28 heavy (non-hydrogen) atoms. The van der Waals surface area contributed by atoms with E-state index >= 15 is 0 Å². The van der Waals surface area contributed by atoms with E-state index in [-0.39, 0.29) is 6.79 Å². The number of nitrogens with zero attached hydrogens (tertiary/aromatic N) is 4. The highest BCUT2D eigenvalue weighted by molar-refractivity contribution is 5.79. The van der Waals surface area contributed by atoms with Crippen LogP contribution in [0.2, 0.25) is 0 Å². The third-order valence-electron chi connectivity index (χ3n) is 4.56. The van der Waals surface area contributed by atoms with Gasteiger partial charge < -0.3 is 19.7 Å². The lowest BCUT2D eigenvalue weighted by molar-refractivity contribution is 0.174. The number of aromatic nitrogens is 2. The minimum Gasteiger partial charge on any atom is -0.454 e. The van der Waals surface area contributed by atoms with Gasteiger partial charge in [-0.2, -0.15) is 5.10 Å². The highest BCUT2D eigenvalue weighted by atomic mass is 16.7. The van der Waals surface area contributed by atoms with Crippen LogP contribution in [0.5, 0.6) is 11.5 Å². The van der Waals surface area contributed by atoms with E-state index in [1.807, 2.05) is 54.3 Å². The minimum absolute atomic E-state index is 0.287. The molecule has 7 heteroatoms. The molecule has 0 saturated heterocycles. The molecule has 1 N–H and O–H groups in total. The molecule has 1 aliphatic rings. The predicted molar refractivity (Wildman–Crippen MR) is 108 cm³/mol. The summed E-state index contributed by atoms with van der Waals surface area (Å²) in [7, 11) is 3.80. The monoisotopic (exact) mass is 377 g/mol. The van der Waals surface area contributed by atoms with Crippen LogP contribution >= 0.6 is 0 Å². The van der Waals surface area contributed by atoms with Crippen molar-refractivity contribution in [2.45, 2.75) is 13.1 Å². The standard InChI is InChI=1S/C21H23N5O2/c1-22-21(25(2)14-17-7-8-19-20(12-17)28-15-27-19)23-13-16-5-3-6-18(11-16)26-10-4-9-24-26/h3-12H,13-15H2,1-2H3,(H,22,23). The zero-order valence-electron chi connectivity index (χ0n) is 16.0. The molecule has 0 unspecified atom stereocenters. The molecule has 0 bridgehead atoms. The van der Waals surface area contributed by atoms with Gasteiger partial charge in [-0.15, -0.1) is 0 Å². The van der Waals surface area contributed by atoms with Gasteiger partial charge in [0.1, 0.15) is 0 Å². The van der Waals surface area contributed by atoms with Crippen molar-refractivity contribution < 1.29 is 9.47 Å². The van der Waals surface area contributed by atoms with Crippen molar-refractivity contribution >= 4 is 5.96 Å². The average molecular weight is 377 g/mol. The van der Waals surface area contributed by atoms with Crippen molar-refractivity contribution in [2.75, 3.05) is 20.9 Å². The fraction of sp³-hybridized carbons (Fsp3) is 0.238. The van der Waals surface area contributed by atoms with Gasteiger partial charge in [-0.3, -0.25) is 4.99 Å². The number of aliphatic imine (C=N–C) groups is 1. The Morgan fingerprint density at radius 1 is 1.14 bits per heavy atom. The molecule has 0 atom stereocenters. The van der Waals surface area contributed by atoms with Crippen LogP contribution in [0.15, 0.2) is 65.9 Å². The molecule has 0 amide bonds. The molecule has 2 aromatic carbocycles. The largest absolute Gasteiger partial charge is 0.454 e. The molecule has 3 aromatic rings. The summed E-state index contributed by atoms with van der Waals surface area (Å²) in [6.07, 6.45) is 3.71. The Morgan fingerprint density at radius 2 is 2.04 bits per heavy atom. The second-order valence-electron chi connectivity index (χ2n) is 6.56. The van der Waals surface area contributed by atoms with Crippen molar-refractivity contribution in [1.82, 2.24) is 20.0 Å². The summed E-state index contributed by atoms with van der Waals surface area (Å²) in [5, 5.41) is 7.70. The van der Waals surface area contributed by atoms with Gasteiger partial charge in [-0.1, -0.05) is 18.2 Å². The van der Waals surface area contributed by atoms with Crippen LogP contribution in [0.1, 0.15) is 11.1 Å². The molecule has 2 heterocycles. The summed E-state index contributed by atoms with van der Waals surface area (Å²) >= 11 is 0. The predicted octanol–water partition coefficient (Wildman–Crippen LogP) is 2.81. The van der Waals surface area contributed by atoms with Crippen molar-refractivity contribution in [3.05, 3.63) is 72.1 Å². The number of rotatable bonds is 5. The van der Waals surface area contributed by atoms with Gasteiger partial charge in [0.2, 0.25) is 6.79 Å². The van der Waals surface area contributed by atoms with E-state index in [0.29, 0.717) is 13.1 Å². The molecular weight excluding hydrogens is 354 g/mol. The molecule has 4 rings (SSSR count). The van der Waals surface area contributed by atoms with Crippen LogP contribution in [-0.2, 0) is 13.1 Å². The lowest BCUT2D eigenvalue weighted by Gasteiger charge is -2.22. The Hall–Kier alpha value is -3.48. The lowest BCUT2D eigenvalue weighted by Crippen LogP contribution is -2.38. The topological polar surface area (TPSA) is 63.9 Å². The van der Waals surface area contributed by atoms with E-state index in [0.717, 1.165) is 34.3 Å². The number of guanidine groups is 1. The van der Waals surface area contributed by atoms with Crippen molar-refractivity contribution in [1.29, 1.82) is 0 Å². The first-order valence-electron chi connectivity index (χ1n) is 9.12. The van der Waals surface area contributed by atoms with Crippen LogP contribution in [0, 0.1) is 0 Å². The maximum atomic E-state index is 5.46. The third-order valence-corrected chi connectivity index (χ3v) is 4.56. The quantitative estimate of drug-likeness (QED) is 0.547. The summed E-state index contributed by atoms with van der Waals surface area (Å²) < 4.78 is 12.7. The molecule has 0 fully saturated rings. The number of hydrogen-bond acceptors (Lipinski definition) is 4. The Balaban J connectivity index is 1.39. The van der Waals surface area contributed by atoms with E-state index in [1.54, 1.807) is 13.2 Å². The first-order chi connectivity index (χ1) is 13.7. The zero-order valence-corrected chi connectivity index (χ0v) is 16.0. The Bertz CT molecular complexity index is 969. The number of hydrogen-bond donors (Lipinski definition) is 1. The number of fused-ring (bicyclic) bond motifs is 1. The molecule has 7 nitrogen and oxygen atoms in total. The first-order valence-corrected chi connectivity index (χ1v) is 9.12. The van der Waals surface area contributed by atoms with Gasteiger partial charge in [0, 0.05) is 39.6 Å². The summed E-state index contributed by atoms with van der Waals surface area (Å²) in [6, 6.07) is 16.2. The van der Waals surface area contributed by atoms with Gasteiger partial charge in [-0.25, -0.2) is 4.68 Å². The summed E-state index contributed by atoms with van der Waals surface area (Å²) in [4.78, 5) is 6.48. The minimum atomic E-state index is 0.287. The van der Waals surface area contributed by atoms with Crippen LogP contribution in [-0.4, -0.2) is 41.5 Å². The van der Waals surface area contributed by atoms with Gasteiger partial charge in [0.25, 0.3) is 0 Å². The Labute approximate surface area is 164 Å².